The van der Waals surface area contributed by atoms with Crippen LogP contribution in [0.4, 0.5) is 4.39 Å². The quantitative estimate of drug-likeness (QED) is 0.903. The van der Waals surface area contributed by atoms with Crippen molar-refractivity contribution in [1.29, 1.82) is 0 Å². The van der Waals surface area contributed by atoms with Gasteiger partial charge in [0.2, 0.25) is 0 Å². The summed E-state index contributed by atoms with van der Waals surface area (Å²) >= 11 is 6.11. The molecule has 4 heteroatoms. The molecule has 1 saturated carbocycles. The number of aryl methyl sites for hydroxylation is 1. The van der Waals surface area contributed by atoms with Gasteiger partial charge in [-0.05, 0) is 38.3 Å². The molecule has 2 rings (SSSR count). The zero-order valence-corrected chi connectivity index (χ0v) is 11.1. The molecule has 1 aromatic carbocycles. The fraction of sp³-hybridized carbons (Fsp3) is 0.538. The Morgan fingerprint density at radius 2 is 2.12 bits per heavy atom. The molecule has 1 aliphatic carbocycles. The van der Waals surface area contributed by atoms with Gasteiger partial charge >= 0.3 is 0 Å². The van der Waals surface area contributed by atoms with Crippen LogP contribution in [0.15, 0.2) is 6.07 Å². The second-order valence-electron chi connectivity index (χ2n) is 4.84. The second kappa shape index (κ2) is 4.14. The highest BCUT2D eigenvalue weighted by atomic mass is 35.5. The number of rotatable bonds is 3. The zero-order valence-electron chi connectivity index (χ0n) is 10.3. The lowest BCUT2D eigenvalue weighted by atomic mass is 9.87. The molecule has 1 fully saturated rings. The van der Waals surface area contributed by atoms with Crippen molar-refractivity contribution in [2.45, 2.75) is 38.1 Å². The van der Waals surface area contributed by atoms with Gasteiger partial charge in [-0.1, -0.05) is 11.6 Å². The Morgan fingerprint density at radius 3 is 2.53 bits per heavy atom. The average molecular weight is 258 g/mol. The van der Waals surface area contributed by atoms with Gasteiger partial charge < -0.3 is 10.5 Å². The van der Waals surface area contributed by atoms with Crippen LogP contribution in [-0.2, 0) is 5.41 Å². The summed E-state index contributed by atoms with van der Waals surface area (Å²) in [6.45, 7) is 3.75. The molecule has 17 heavy (non-hydrogen) atoms. The maximum atomic E-state index is 13.7. The highest BCUT2D eigenvalue weighted by molar-refractivity contribution is 6.32. The van der Waals surface area contributed by atoms with Crippen molar-refractivity contribution >= 4 is 11.6 Å². The van der Waals surface area contributed by atoms with E-state index in [-0.39, 0.29) is 16.5 Å². The van der Waals surface area contributed by atoms with Crippen LogP contribution in [0.3, 0.4) is 0 Å². The van der Waals surface area contributed by atoms with E-state index in [1.807, 2.05) is 13.8 Å². The average Bonchev–Trinajstić information content (AvgIpc) is 3.04. The number of methoxy groups -OCH3 is 1. The molecule has 0 saturated heterocycles. The van der Waals surface area contributed by atoms with Gasteiger partial charge in [-0.2, -0.15) is 0 Å². The number of benzene rings is 1. The first-order valence-electron chi connectivity index (χ1n) is 5.72. The molecule has 94 valence electrons. The Kier molecular flexibility index (Phi) is 3.08. The van der Waals surface area contributed by atoms with E-state index < -0.39 is 5.82 Å². The minimum atomic E-state index is -0.396. The lowest BCUT2D eigenvalue weighted by molar-refractivity contribution is 0.393. The fourth-order valence-corrected chi connectivity index (χ4v) is 2.84. The van der Waals surface area contributed by atoms with Crippen LogP contribution in [-0.4, -0.2) is 13.2 Å². The van der Waals surface area contributed by atoms with Gasteiger partial charge in [-0.25, -0.2) is 4.39 Å². The molecule has 2 nitrogen and oxygen atoms in total. The number of nitrogens with two attached hydrogens (primary N) is 1. The van der Waals surface area contributed by atoms with Crippen LogP contribution in [0.5, 0.6) is 5.75 Å². The molecule has 2 N–H and O–H groups in total. The summed E-state index contributed by atoms with van der Waals surface area (Å²) in [5, 5.41) is 0.155. The van der Waals surface area contributed by atoms with E-state index in [9.17, 15) is 4.39 Å². The smallest absolute Gasteiger partial charge is 0.142 e. The summed E-state index contributed by atoms with van der Waals surface area (Å²) < 4.78 is 19.1. The van der Waals surface area contributed by atoms with Crippen molar-refractivity contribution in [2.75, 3.05) is 7.11 Å². The molecule has 0 bridgehead atoms. The minimum Gasteiger partial charge on any atom is -0.496 e. The standard InChI is InChI=1S/C13H17ClFNO/c1-7-6-9(15)11(14)10(12(7)17-3)13(4-5-13)8(2)16/h6,8H,4-5,16H2,1-3H3. The zero-order chi connectivity index (χ0) is 12.8. The molecule has 0 aromatic heterocycles. The van der Waals surface area contributed by atoms with Crippen molar-refractivity contribution in [3.8, 4) is 5.75 Å². The molecule has 1 aliphatic rings. The third-order valence-corrected chi connectivity index (χ3v) is 4.09. The Balaban J connectivity index is 2.67. The number of ether oxygens (including phenoxy) is 1. The number of hydrogen-bond acceptors (Lipinski definition) is 2. The van der Waals surface area contributed by atoms with Crippen molar-refractivity contribution < 1.29 is 9.13 Å². The van der Waals surface area contributed by atoms with Gasteiger partial charge in [-0.3, -0.25) is 0 Å². The lowest BCUT2D eigenvalue weighted by Crippen LogP contribution is -2.32. The Hall–Kier alpha value is -0.800. The third kappa shape index (κ3) is 1.81. The molecular weight excluding hydrogens is 241 g/mol. The first kappa shape index (κ1) is 12.7. The van der Waals surface area contributed by atoms with Crippen LogP contribution in [0, 0.1) is 12.7 Å². The van der Waals surface area contributed by atoms with Crippen molar-refractivity contribution in [3.05, 3.63) is 28.0 Å². The van der Waals surface area contributed by atoms with Crippen molar-refractivity contribution in [1.82, 2.24) is 0 Å². The summed E-state index contributed by atoms with van der Waals surface area (Å²) in [5.41, 5.74) is 7.31. The normalized spacial score (nSPS) is 18.9. The van der Waals surface area contributed by atoms with E-state index in [1.165, 1.54) is 6.07 Å². The maximum absolute atomic E-state index is 13.7. The lowest BCUT2D eigenvalue weighted by Gasteiger charge is -2.25. The van der Waals surface area contributed by atoms with Gasteiger partial charge in [0, 0.05) is 17.0 Å². The molecular formula is C13H17ClFNO. The molecule has 0 heterocycles. The first-order valence-corrected chi connectivity index (χ1v) is 6.10. The highest BCUT2D eigenvalue weighted by Crippen LogP contribution is 2.56. The highest BCUT2D eigenvalue weighted by Gasteiger charge is 2.51. The molecule has 0 amide bonds. The summed E-state index contributed by atoms with van der Waals surface area (Å²) in [6.07, 6.45) is 1.87. The van der Waals surface area contributed by atoms with Gasteiger partial charge in [-0.15, -0.1) is 0 Å². The minimum absolute atomic E-state index is 0.0601. The molecule has 1 atom stereocenters. The Labute approximate surface area is 106 Å². The van der Waals surface area contributed by atoms with Crippen LogP contribution < -0.4 is 10.5 Å². The van der Waals surface area contributed by atoms with Gasteiger partial charge in [0.1, 0.15) is 11.6 Å². The van der Waals surface area contributed by atoms with Crippen molar-refractivity contribution in [2.24, 2.45) is 5.73 Å². The van der Waals surface area contributed by atoms with Crippen LogP contribution >= 0.6 is 11.6 Å². The van der Waals surface area contributed by atoms with Crippen LogP contribution in [0.1, 0.15) is 30.9 Å². The Bertz CT molecular complexity index is 455. The summed E-state index contributed by atoms with van der Waals surface area (Å²) in [6, 6.07) is 1.34. The summed E-state index contributed by atoms with van der Waals surface area (Å²) in [5.74, 6) is 0.276. The topological polar surface area (TPSA) is 35.2 Å². The van der Waals surface area contributed by atoms with Crippen LogP contribution in [0.2, 0.25) is 5.02 Å². The Morgan fingerprint density at radius 1 is 1.53 bits per heavy atom. The first-order chi connectivity index (χ1) is 7.94. The summed E-state index contributed by atoms with van der Waals surface area (Å²) in [7, 11) is 1.58. The molecule has 0 spiro atoms. The predicted octanol–water partition coefficient (Wildman–Crippen LogP) is 3.17. The van der Waals surface area contributed by atoms with Crippen LogP contribution in [0.25, 0.3) is 0 Å². The fourth-order valence-electron chi connectivity index (χ4n) is 2.51. The number of halogens is 2. The van der Waals surface area contributed by atoms with Gasteiger partial charge in [0.15, 0.2) is 0 Å². The van der Waals surface area contributed by atoms with Crippen molar-refractivity contribution in [3.63, 3.8) is 0 Å². The van der Waals surface area contributed by atoms with Gasteiger partial charge in [0.25, 0.3) is 0 Å². The van der Waals surface area contributed by atoms with E-state index in [4.69, 9.17) is 22.1 Å². The van der Waals surface area contributed by atoms with Gasteiger partial charge in [0.05, 0.1) is 12.1 Å². The molecule has 0 aliphatic heterocycles. The van der Waals surface area contributed by atoms with E-state index in [0.717, 1.165) is 24.0 Å². The van der Waals surface area contributed by atoms with E-state index >= 15 is 0 Å². The predicted molar refractivity (Wildman–Crippen MR) is 67.3 cm³/mol. The largest absolute Gasteiger partial charge is 0.496 e. The van der Waals surface area contributed by atoms with E-state index in [1.54, 1.807) is 7.11 Å². The molecule has 0 radical (unpaired) electrons. The molecule has 1 unspecified atom stereocenters. The third-order valence-electron chi connectivity index (χ3n) is 3.72. The van der Waals surface area contributed by atoms with E-state index in [0.29, 0.717) is 5.75 Å². The molecule has 1 aromatic rings. The SMILES string of the molecule is COc1c(C)cc(F)c(Cl)c1C1(C(C)N)CC1. The summed E-state index contributed by atoms with van der Waals surface area (Å²) in [4.78, 5) is 0. The van der Waals surface area contributed by atoms with E-state index in [2.05, 4.69) is 0 Å². The monoisotopic (exact) mass is 257 g/mol. The second-order valence-corrected chi connectivity index (χ2v) is 5.22. The maximum Gasteiger partial charge on any atom is 0.142 e. The number of hydrogen-bond donors (Lipinski definition) is 1.